The van der Waals surface area contributed by atoms with Gasteiger partial charge in [-0.25, -0.2) is 4.98 Å². The first-order valence-electron chi connectivity index (χ1n) is 9.82. The topological polar surface area (TPSA) is 97.6 Å². The van der Waals surface area contributed by atoms with Crippen LogP contribution in [0.5, 0.6) is 0 Å². The van der Waals surface area contributed by atoms with Gasteiger partial charge in [-0.05, 0) is 32.4 Å². The highest BCUT2D eigenvalue weighted by Gasteiger charge is 2.44. The lowest BCUT2D eigenvalue weighted by molar-refractivity contribution is 0.0592. The molecular weight excluding hydrogens is 366 g/mol. The smallest absolute Gasteiger partial charge is 0.256 e. The number of para-hydroxylation sites is 1. The number of nitrogens with one attached hydrogen (secondary N) is 2. The molecule has 2 fully saturated rings. The van der Waals surface area contributed by atoms with Crippen molar-refractivity contribution in [2.24, 2.45) is 11.0 Å². The van der Waals surface area contributed by atoms with E-state index in [1.165, 1.54) is 6.21 Å². The number of benzene rings is 1. The SMILES string of the molecule is Cc1ncc(N2CC3CCN(C(=O)c4ccccc4N/N=C\C=N)CC32)nc1C. The van der Waals surface area contributed by atoms with Crippen LogP contribution in [0.4, 0.5) is 11.5 Å². The minimum atomic E-state index is -0.00498. The van der Waals surface area contributed by atoms with Gasteiger partial charge >= 0.3 is 0 Å². The van der Waals surface area contributed by atoms with Crippen LogP contribution in [0.3, 0.4) is 0 Å². The van der Waals surface area contributed by atoms with Gasteiger partial charge in [0.25, 0.3) is 5.91 Å². The highest BCUT2D eigenvalue weighted by molar-refractivity contribution is 6.14. The standard InChI is InChI=1S/C21H25N7O/c1-14-15(2)25-20(11-23-14)28-12-16-7-10-27(13-19(16)28)21(29)17-5-3-4-6-18(17)26-24-9-8-22/h3-6,8-9,11,16,19,22,26H,7,10,12-13H2,1-2H3/b22-8?,24-9-. The van der Waals surface area contributed by atoms with Crippen LogP contribution in [0.1, 0.15) is 28.2 Å². The maximum Gasteiger partial charge on any atom is 0.256 e. The molecule has 1 amide bonds. The van der Waals surface area contributed by atoms with E-state index in [1.807, 2.05) is 49.2 Å². The second kappa shape index (κ2) is 7.98. The molecule has 2 atom stereocenters. The van der Waals surface area contributed by atoms with E-state index in [2.05, 4.69) is 25.4 Å². The summed E-state index contributed by atoms with van der Waals surface area (Å²) in [4.78, 5) is 26.5. The number of rotatable bonds is 5. The van der Waals surface area contributed by atoms with Gasteiger partial charge in [-0.1, -0.05) is 12.1 Å². The highest BCUT2D eigenvalue weighted by Crippen LogP contribution is 2.36. The zero-order valence-electron chi connectivity index (χ0n) is 16.7. The second-order valence-corrected chi connectivity index (χ2v) is 7.52. The number of carbonyl (C=O) groups excluding carboxylic acids is 1. The third-order valence-electron chi connectivity index (χ3n) is 5.81. The fourth-order valence-corrected chi connectivity index (χ4v) is 3.99. The molecule has 3 heterocycles. The molecular formula is C21H25N7O. The van der Waals surface area contributed by atoms with Crippen molar-refractivity contribution in [3.8, 4) is 0 Å². The zero-order chi connectivity index (χ0) is 20.4. The third-order valence-corrected chi connectivity index (χ3v) is 5.81. The lowest BCUT2D eigenvalue weighted by atomic mass is 9.82. The number of nitrogens with zero attached hydrogens (tertiary/aromatic N) is 5. The highest BCUT2D eigenvalue weighted by atomic mass is 16.2. The Bertz CT molecular complexity index is 958. The van der Waals surface area contributed by atoms with E-state index in [9.17, 15) is 4.79 Å². The number of hydrazone groups is 1. The minimum absolute atomic E-state index is 0.00498. The van der Waals surface area contributed by atoms with Crippen LogP contribution in [0.15, 0.2) is 35.6 Å². The van der Waals surface area contributed by atoms with E-state index in [0.29, 0.717) is 23.7 Å². The molecule has 0 bridgehead atoms. The van der Waals surface area contributed by atoms with Crippen molar-refractivity contribution in [2.75, 3.05) is 30.0 Å². The molecule has 2 aromatic rings. The molecule has 0 aliphatic carbocycles. The first-order chi connectivity index (χ1) is 14.1. The normalized spacial score (nSPS) is 20.9. The summed E-state index contributed by atoms with van der Waals surface area (Å²) < 4.78 is 0. The monoisotopic (exact) mass is 391 g/mol. The molecule has 2 aliphatic heterocycles. The van der Waals surface area contributed by atoms with Gasteiger partial charge in [-0.3, -0.25) is 15.2 Å². The summed E-state index contributed by atoms with van der Waals surface area (Å²) in [6.45, 7) is 6.34. The minimum Gasteiger partial charge on any atom is -0.350 e. The van der Waals surface area contributed by atoms with Gasteiger partial charge in [-0.15, -0.1) is 0 Å². The summed E-state index contributed by atoms with van der Waals surface area (Å²) in [6.07, 6.45) is 5.25. The number of amides is 1. The predicted molar refractivity (Wildman–Crippen MR) is 114 cm³/mol. The molecule has 2 unspecified atom stereocenters. The average Bonchev–Trinajstić information content (AvgIpc) is 2.71. The van der Waals surface area contributed by atoms with Crippen LogP contribution in [-0.2, 0) is 0 Å². The molecule has 0 saturated carbocycles. The van der Waals surface area contributed by atoms with Gasteiger partial charge in [0.1, 0.15) is 5.82 Å². The van der Waals surface area contributed by atoms with Crippen LogP contribution < -0.4 is 10.3 Å². The maximum absolute atomic E-state index is 13.2. The number of anilines is 2. The van der Waals surface area contributed by atoms with Gasteiger partial charge in [0.05, 0.1) is 41.1 Å². The van der Waals surface area contributed by atoms with Crippen molar-refractivity contribution in [1.29, 1.82) is 5.41 Å². The number of carbonyl (C=O) groups is 1. The summed E-state index contributed by atoms with van der Waals surface area (Å²) in [5, 5.41) is 11.0. The molecule has 1 aromatic carbocycles. The van der Waals surface area contributed by atoms with Gasteiger partial charge in [0.2, 0.25) is 0 Å². The van der Waals surface area contributed by atoms with Crippen molar-refractivity contribution in [3.05, 3.63) is 47.4 Å². The molecule has 1 aromatic heterocycles. The Labute approximate surface area is 170 Å². The van der Waals surface area contributed by atoms with Gasteiger partial charge in [0.15, 0.2) is 0 Å². The molecule has 4 rings (SSSR count). The van der Waals surface area contributed by atoms with Crippen LogP contribution in [0.2, 0.25) is 0 Å². The molecule has 8 heteroatoms. The van der Waals surface area contributed by atoms with Gasteiger partial charge in [0, 0.05) is 31.8 Å². The summed E-state index contributed by atoms with van der Waals surface area (Å²) >= 11 is 0. The van der Waals surface area contributed by atoms with Crippen LogP contribution in [0.25, 0.3) is 0 Å². The Balaban J connectivity index is 1.49. The van der Waals surface area contributed by atoms with Gasteiger partial charge in [-0.2, -0.15) is 5.10 Å². The molecule has 8 nitrogen and oxygen atoms in total. The molecule has 0 radical (unpaired) electrons. The Morgan fingerprint density at radius 3 is 2.90 bits per heavy atom. The fraction of sp³-hybridized carbons (Fsp3) is 0.381. The van der Waals surface area contributed by atoms with E-state index in [0.717, 1.165) is 42.9 Å². The Morgan fingerprint density at radius 1 is 1.28 bits per heavy atom. The summed E-state index contributed by atoms with van der Waals surface area (Å²) in [7, 11) is 0. The van der Waals surface area contributed by atoms with E-state index in [1.54, 1.807) is 0 Å². The molecule has 29 heavy (non-hydrogen) atoms. The Kier molecular flexibility index (Phi) is 5.24. The number of aryl methyl sites for hydroxylation is 2. The maximum atomic E-state index is 13.2. The average molecular weight is 391 g/mol. The fourth-order valence-electron chi connectivity index (χ4n) is 3.99. The Hall–Kier alpha value is -3.29. The lowest BCUT2D eigenvalue weighted by Crippen LogP contribution is -2.65. The van der Waals surface area contributed by atoms with E-state index in [-0.39, 0.29) is 11.9 Å². The zero-order valence-corrected chi connectivity index (χ0v) is 16.7. The van der Waals surface area contributed by atoms with Crippen molar-refractivity contribution in [2.45, 2.75) is 26.3 Å². The van der Waals surface area contributed by atoms with Crippen molar-refractivity contribution in [3.63, 3.8) is 0 Å². The quantitative estimate of drug-likeness (QED) is 0.603. The predicted octanol–water partition coefficient (Wildman–Crippen LogP) is 2.49. The summed E-state index contributed by atoms with van der Waals surface area (Å²) in [6, 6.07) is 7.62. The molecule has 2 N–H and O–H groups in total. The molecule has 150 valence electrons. The first-order valence-corrected chi connectivity index (χ1v) is 9.82. The lowest BCUT2D eigenvalue weighted by Gasteiger charge is -2.54. The molecule has 2 aliphatic rings. The number of hydrogen-bond donors (Lipinski definition) is 2. The number of hydrogen-bond acceptors (Lipinski definition) is 7. The Morgan fingerprint density at radius 2 is 2.10 bits per heavy atom. The summed E-state index contributed by atoms with van der Waals surface area (Å²) in [5.74, 6) is 1.48. The van der Waals surface area contributed by atoms with E-state index >= 15 is 0 Å². The van der Waals surface area contributed by atoms with Crippen molar-refractivity contribution >= 4 is 29.8 Å². The van der Waals surface area contributed by atoms with Crippen molar-refractivity contribution < 1.29 is 4.79 Å². The largest absolute Gasteiger partial charge is 0.350 e. The second-order valence-electron chi connectivity index (χ2n) is 7.52. The van der Waals surface area contributed by atoms with Crippen molar-refractivity contribution in [1.82, 2.24) is 14.9 Å². The van der Waals surface area contributed by atoms with Crippen LogP contribution in [0, 0.1) is 25.2 Å². The number of fused-ring (bicyclic) bond motifs is 1. The van der Waals surface area contributed by atoms with E-state index < -0.39 is 0 Å². The number of piperidine rings is 1. The van der Waals surface area contributed by atoms with Crippen LogP contribution in [-0.4, -0.2) is 58.9 Å². The number of likely N-dealkylation sites (tertiary alicyclic amines) is 1. The third kappa shape index (κ3) is 3.70. The van der Waals surface area contributed by atoms with E-state index in [4.69, 9.17) is 5.41 Å². The molecule has 2 saturated heterocycles. The number of aromatic nitrogens is 2. The summed E-state index contributed by atoms with van der Waals surface area (Å²) in [5.41, 5.74) is 5.98. The molecule has 0 spiro atoms. The van der Waals surface area contributed by atoms with Crippen LogP contribution >= 0.6 is 0 Å². The first kappa shape index (κ1) is 19.0. The van der Waals surface area contributed by atoms with Gasteiger partial charge < -0.3 is 15.2 Å².